The van der Waals surface area contributed by atoms with Crippen molar-refractivity contribution in [3.63, 3.8) is 0 Å². The molecule has 1 nitrogen and oxygen atoms in total. The molecule has 15 heavy (non-hydrogen) atoms. The average Bonchev–Trinajstić information content (AvgIpc) is 3.00. The topological polar surface area (TPSA) is 12.5 Å². The number of epoxide rings is 1. The highest BCUT2D eigenvalue weighted by Gasteiger charge is 2.53. The monoisotopic (exact) mass is 228 g/mol. The SMILES string of the molecule is CCCC(F)C1(c2ccc(Cl)cc2)CO1. The van der Waals surface area contributed by atoms with Gasteiger partial charge in [0.05, 0.1) is 6.61 Å². The number of ether oxygens (including phenoxy) is 1. The van der Waals surface area contributed by atoms with Crippen LogP contribution in [0.2, 0.25) is 5.02 Å². The van der Waals surface area contributed by atoms with Gasteiger partial charge < -0.3 is 4.74 Å². The number of benzene rings is 1. The minimum Gasteiger partial charge on any atom is -0.361 e. The molecule has 1 aromatic carbocycles. The fourth-order valence-electron chi connectivity index (χ4n) is 1.82. The van der Waals surface area contributed by atoms with E-state index in [4.69, 9.17) is 16.3 Å². The third-order valence-corrected chi connectivity index (χ3v) is 3.09. The Bertz CT molecular complexity index is 332. The summed E-state index contributed by atoms with van der Waals surface area (Å²) in [6.45, 7) is 2.46. The molecule has 1 fully saturated rings. The van der Waals surface area contributed by atoms with Gasteiger partial charge in [-0.05, 0) is 24.1 Å². The molecule has 2 atom stereocenters. The van der Waals surface area contributed by atoms with Gasteiger partial charge in [-0.1, -0.05) is 37.1 Å². The molecule has 1 heterocycles. The van der Waals surface area contributed by atoms with Crippen LogP contribution in [0.3, 0.4) is 0 Å². The molecule has 1 saturated heterocycles. The summed E-state index contributed by atoms with van der Waals surface area (Å²) in [6.07, 6.45) is 0.464. The molecule has 3 heteroatoms. The molecule has 0 aliphatic carbocycles. The van der Waals surface area contributed by atoms with Crippen LogP contribution in [0.4, 0.5) is 4.39 Å². The van der Waals surface area contributed by atoms with Gasteiger partial charge in [-0.15, -0.1) is 0 Å². The summed E-state index contributed by atoms with van der Waals surface area (Å²) in [4.78, 5) is 0. The van der Waals surface area contributed by atoms with Crippen LogP contribution in [0, 0.1) is 0 Å². The second-order valence-corrected chi connectivity index (χ2v) is 4.38. The Labute approximate surface area is 94.2 Å². The van der Waals surface area contributed by atoms with Crippen LogP contribution in [0.1, 0.15) is 25.3 Å². The molecule has 1 aromatic rings. The smallest absolute Gasteiger partial charge is 0.147 e. The first-order valence-electron chi connectivity index (χ1n) is 5.23. The van der Waals surface area contributed by atoms with Crippen LogP contribution in [0.15, 0.2) is 24.3 Å². The summed E-state index contributed by atoms with van der Waals surface area (Å²) in [5.41, 5.74) is 0.216. The van der Waals surface area contributed by atoms with E-state index < -0.39 is 11.8 Å². The second-order valence-electron chi connectivity index (χ2n) is 3.94. The van der Waals surface area contributed by atoms with Crippen molar-refractivity contribution in [3.8, 4) is 0 Å². The lowest BCUT2D eigenvalue weighted by molar-refractivity contribution is 0.151. The van der Waals surface area contributed by atoms with E-state index in [0.717, 1.165) is 12.0 Å². The van der Waals surface area contributed by atoms with Crippen molar-refractivity contribution in [2.45, 2.75) is 31.5 Å². The number of halogens is 2. The van der Waals surface area contributed by atoms with Crippen molar-refractivity contribution in [3.05, 3.63) is 34.9 Å². The highest BCUT2D eigenvalue weighted by atomic mass is 35.5. The summed E-state index contributed by atoms with van der Waals surface area (Å²) in [5, 5.41) is 0.667. The van der Waals surface area contributed by atoms with Gasteiger partial charge in [0.2, 0.25) is 0 Å². The van der Waals surface area contributed by atoms with Gasteiger partial charge in [-0.3, -0.25) is 0 Å². The largest absolute Gasteiger partial charge is 0.361 e. The van der Waals surface area contributed by atoms with Crippen molar-refractivity contribution in [1.82, 2.24) is 0 Å². The van der Waals surface area contributed by atoms with Crippen LogP contribution < -0.4 is 0 Å². The molecule has 2 unspecified atom stereocenters. The lowest BCUT2D eigenvalue weighted by Crippen LogP contribution is -2.23. The first-order valence-corrected chi connectivity index (χ1v) is 5.61. The summed E-state index contributed by atoms with van der Waals surface area (Å²) >= 11 is 5.79. The molecule has 0 bridgehead atoms. The molecule has 0 spiro atoms. The fraction of sp³-hybridized carbons (Fsp3) is 0.500. The number of hydrogen-bond acceptors (Lipinski definition) is 1. The van der Waals surface area contributed by atoms with Crippen molar-refractivity contribution in [2.75, 3.05) is 6.61 Å². The summed E-state index contributed by atoms with van der Waals surface area (Å²) in [6, 6.07) is 7.24. The lowest BCUT2D eigenvalue weighted by Gasteiger charge is -2.16. The van der Waals surface area contributed by atoms with Gasteiger partial charge in [0.1, 0.15) is 11.8 Å². The van der Waals surface area contributed by atoms with E-state index in [1.165, 1.54) is 0 Å². The van der Waals surface area contributed by atoms with Gasteiger partial charge in [0, 0.05) is 5.02 Å². The molecular formula is C12H14ClFO. The Balaban J connectivity index is 2.19. The summed E-state index contributed by atoms with van der Waals surface area (Å²) in [5.74, 6) is 0. The van der Waals surface area contributed by atoms with Gasteiger partial charge in [0.25, 0.3) is 0 Å². The van der Waals surface area contributed by atoms with Crippen LogP contribution in [-0.2, 0) is 10.3 Å². The summed E-state index contributed by atoms with van der Waals surface area (Å²) in [7, 11) is 0. The maximum atomic E-state index is 13.9. The number of rotatable bonds is 4. The third-order valence-electron chi connectivity index (χ3n) is 2.84. The highest BCUT2D eigenvalue weighted by molar-refractivity contribution is 6.30. The molecule has 82 valence electrons. The van der Waals surface area contributed by atoms with Gasteiger partial charge in [-0.2, -0.15) is 0 Å². The predicted molar refractivity (Wildman–Crippen MR) is 58.9 cm³/mol. The molecule has 0 amide bonds. The Kier molecular flexibility index (Phi) is 2.98. The van der Waals surface area contributed by atoms with Crippen molar-refractivity contribution >= 4 is 11.6 Å². The molecule has 0 aromatic heterocycles. The first-order chi connectivity index (χ1) is 7.19. The summed E-state index contributed by atoms with van der Waals surface area (Å²) < 4.78 is 19.2. The predicted octanol–water partition coefficient (Wildman–Crippen LogP) is 3.70. The average molecular weight is 229 g/mol. The van der Waals surface area contributed by atoms with Crippen LogP contribution in [0.25, 0.3) is 0 Å². The maximum absolute atomic E-state index is 13.9. The Morgan fingerprint density at radius 1 is 1.47 bits per heavy atom. The first kappa shape index (κ1) is 10.9. The minimum atomic E-state index is -0.913. The van der Waals surface area contributed by atoms with Crippen LogP contribution >= 0.6 is 11.6 Å². The zero-order valence-corrected chi connectivity index (χ0v) is 9.43. The molecule has 2 rings (SSSR count). The van der Waals surface area contributed by atoms with Gasteiger partial charge in [-0.25, -0.2) is 4.39 Å². The van der Waals surface area contributed by atoms with Gasteiger partial charge in [0.15, 0.2) is 0 Å². The quantitative estimate of drug-likeness (QED) is 0.716. The Morgan fingerprint density at radius 2 is 2.07 bits per heavy atom. The van der Waals surface area contributed by atoms with Crippen molar-refractivity contribution in [1.29, 1.82) is 0 Å². The minimum absolute atomic E-state index is 0.482. The third kappa shape index (κ3) is 2.01. The van der Waals surface area contributed by atoms with E-state index in [-0.39, 0.29) is 0 Å². The fourth-order valence-corrected chi connectivity index (χ4v) is 1.95. The zero-order valence-electron chi connectivity index (χ0n) is 8.67. The van der Waals surface area contributed by atoms with E-state index in [2.05, 4.69) is 0 Å². The Morgan fingerprint density at radius 3 is 2.53 bits per heavy atom. The van der Waals surface area contributed by atoms with Crippen molar-refractivity contribution in [2.24, 2.45) is 0 Å². The molecule has 0 saturated carbocycles. The molecule has 0 N–H and O–H groups in total. The normalized spacial score (nSPS) is 26.3. The number of alkyl halides is 1. The second kappa shape index (κ2) is 4.11. The Hall–Kier alpha value is -0.600. The lowest BCUT2D eigenvalue weighted by atomic mass is 9.92. The van der Waals surface area contributed by atoms with Crippen LogP contribution in [-0.4, -0.2) is 12.8 Å². The van der Waals surface area contributed by atoms with Crippen molar-refractivity contribution < 1.29 is 9.13 Å². The van der Waals surface area contributed by atoms with Gasteiger partial charge >= 0.3 is 0 Å². The zero-order chi connectivity index (χ0) is 10.9. The van der Waals surface area contributed by atoms with E-state index in [0.29, 0.717) is 18.1 Å². The molecule has 1 aliphatic rings. The van der Waals surface area contributed by atoms with E-state index in [1.54, 1.807) is 12.1 Å². The number of hydrogen-bond donors (Lipinski definition) is 0. The highest BCUT2D eigenvalue weighted by Crippen LogP contribution is 2.45. The van der Waals surface area contributed by atoms with E-state index in [9.17, 15) is 4.39 Å². The molecular weight excluding hydrogens is 215 g/mol. The molecule has 1 aliphatic heterocycles. The standard InChI is InChI=1S/C12H14ClFO/c1-2-3-11(14)12(8-15-12)9-4-6-10(13)7-5-9/h4-7,11H,2-3,8H2,1H3. The maximum Gasteiger partial charge on any atom is 0.147 e. The van der Waals surface area contributed by atoms with E-state index in [1.807, 2.05) is 19.1 Å². The van der Waals surface area contributed by atoms with E-state index >= 15 is 0 Å². The van der Waals surface area contributed by atoms with Crippen LogP contribution in [0.5, 0.6) is 0 Å². The molecule has 0 radical (unpaired) electrons.